The van der Waals surface area contributed by atoms with Gasteiger partial charge in [-0.3, -0.25) is 0 Å². The average molecular weight is 269 g/mol. The van der Waals surface area contributed by atoms with Crippen molar-refractivity contribution in [2.24, 2.45) is 0 Å². The standard InChI is InChI=1S/C17H23N3/c1-2-3-4-5-6-7-12-16-17-15-11-9-8-10-14(15)13-20(17)19-18-16/h8-11H,2-7,12-13H2,1H3. The number of benzene rings is 1. The van der Waals surface area contributed by atoms with Crippen molar-refractivity contribution in [1.82, 2.24) is 15.0 Å². The fraction of sp³-hybridized carbons (Fsp3) is 0.529. The normalized spacial score (nSPS) is 12.4. The molecule has 3 heteroatoms. The van der Waals surface area contributed by atoms with E-state index in [-0.39, 0.29) is 0 Å². The van der Waals surface area contributed by atoms with E-state index in [1.807, 2.05) is 0 Å². The van der Waals surface area contributed by atoms with Gasteiger partial charge in [0.25, 0.3) is 0 Å². The van der Waals surface area contributed by atoms with Crippen molar-refractivity contribution in [3.05, 3.63) is 35.5 Å². The Morgan fingerprint density at radius 3 is 2.75 bits per heavy atom. The Morgan fingerprint density at radius 1 is 1.05 bits per heavy atom. The van der Waals surface area contributed by atoms with Crippen LogP contribution in [0.1, 0.15) is 56.7 Å². The number of aryl methyl sites for hydroxylation is 1. The Labute approximate surface area is 121 Å². The van der Waals surface area contributed by atoms with Gasteiger partial charge in [-0.15, -0.1) is 5.10 Å². The van der Waals surface area contributed by atoms with Crippen molar-refractivity contribution in [2.45, 2.75) is 58.4 Å². The SMILES string of the molecule is CCCCCCCCc1nnn2c1-c1ccccc1C2. The van der Waals surface area contributed by atoms with Gasteiger partial charge in [-0.1, -0.05) is 68.5 Å². The molecule has 0 aliphatic carbocycles. The first kappa shape index (κ1) is 13.3. The van der Waals surface area contributed by atoms with Crippen LogP contribution in [0.4, 0.5) is 0 Å². The van der Waals surface area contributed by atoms with Crippen molar-refractivity contribution in [1.29, 1.82) is 0 Å². The molecule has 0 saturated carbocycles. The Bertz CT molecular complexity index is 571. The molecule has 20 heavy (non-hydrogen) atoms. The number of fused-ring (bicyclic) bond motifs is 3. The predicted molar refractivity (Wildman–Crippen MR) is 81.6 cm³/mol. The maximum absolute atomic E-state index is 4.38. The fourth-order valence-electron chi connectivity index (χ4n) is 3.05. The van der Waals surface area contributed by atoms with E-state index in [0.717, 1.165) is 13.0 Å². The van der Waals surface area contributed by atoms with Gasteiger partial charge in [-0.05, 0) is 18.4 Å². The highest BCUT2D eigenvalue weighted by Crippen LogP contribution is 2.33. The van der Waals surface area contributed by atoms with Crippen LogP contribution in [0.2, 0.25) is 0 Å². The van der Waals surface area contributed by atoms with E-state index < -0.39 is 0 Å². The second-order valence-electron chi connectivity index (χ2n) is 5.72. The minimum Gasteiger partial charge on any atom is -0.240 e. The molecule has 0 saturated heterocycles. The van der Waals surface area contributed by atoms with Gasteiger partial charge < -0.3 is 0 Å². The molecule has 3 rings (SSSR count). The molecule has 1 aliphatic heterocycles. The van der Waals surface area contributed by atoms with Crippen LogP contribution in [0.25, 0.3) is 11.3 Å². The van der Waals surface area contributed by atoms with Gasteiger partial charge in [-0.2, -0.15) is 0 Å². The molecule has 0 atom stereocenters. The first-order valence-corrected chi connectivity index (χ1v) is 7.91. The molecular weight excluding hydrogens is 246 g/mol. The van der Waals surface area contributed by atoms with Crippen molar-refractivity contribution in [3.63, 3.8) is 0 Å². The second-order valence-corrected chi connectivity index (χ2v) is 5.72. The molecule has 0 N–H and O–H groups in total. The van der Waals surface area contributed by atoms with Crippen molar-refractivity contribution in [3.8, 4) is 11.3 Å². The largest absolute Gasteiger partial charge is 0.240 e. The summed E-state index contributed by atoms with van der Waals surface area (Å²) in [5.74, 6) is 0. The molecule has 2 heterocycles. The van der Waals surface area contributed by atoms with Crippen LogP contribution in [0.15, 0.2) is 24.3 Å². The summed E-state index contributed by atoms with van der Waals surface area (Å²) < 4.78 is 2.05. The minimum atomic E-state index is 0.884. The van der Waals surface area contributed by atoms with Crippen LogP contribution < -0.4 is 0 Å². The van der Waals surface area contributed by atoms with Gasteiger partial charge in [0.2, 0.25) is 0 Å². The Morgan fingerprint density at radius 2 is 1.85 bits per heavy atom. The van der Waals surface area contributed by atoms with Gasteiger partial charge in [0.15, 0.2) is 0 Å². The van der Waals surface area contributed by atoms with Gasteiger partial charge in [0, 0.05) is 5.56 Å². The number of hydrogen-bond donors (Lipinski definition) is 0. The summed E-state index contributed by atoms with van der Waals surface area (Å²) in [5, 5.41) is 8.69. The summed E-state index contributed by atoms with van der Waals surface area (Å²) in [5.41, 5.74) is 5.15. The van der Waals surface area contributed by atoms with Gasteiger partial charge >= 0.3 is 0 Å². The highest BCUT2D eigenvalue weighted by Gasteiger charge is 2.23. The zero-order valence-electron chi connectivity index (χ0n) is 12.3. The molecule has 2 aromatic rings. The maximum Gasteiger partial charge on any atom is 0.0925 e. The van der Waals surface area contributed by atoms with E-state index in [1.54, 1.807) is 0 Å². The van der Waals surface area contributed by atoms with Crippen LogP contribution in [-0.4, -0.2) is 15.0 Å². The lowest BCUT2D eigenvalue weighted by molar-refractivity contribution is 0.604. The van der Waals surface area contributed by atoms with E-state index >= 15 is 0 Å². The van der Waals surface area contributed by atoms with Crippen LogP contribution in [0, 0.1) is 0 Å². The number of unbranched alkanes of at least 4 members (excludes halogenated alkanes) is 5. The van der Waals surface area contributed by atoms with Crippen LogP contribution in [0.5, 0.6) is 0 Å². The lowest BCUT2D eigenvalue weighted by Crippen LogP contribution is -1.94. The predicted octanol–water partition coefficient (Wildman–Crippen LogP) is 4.21. The van der Waals surface area contributed by atoms with Crippen LogP contribution in [0.3, 0.4) is 0 Å². The van der Waals surface area contributed by atoms with Gasteiger partial charge in [0.05, 0.1) is 17.9 Å². The Kier molecular flexibility index (Phi) is 4.14. The van der Waals surface area contributed by atoms with Gasteiger partial charge in [0.1, 0.15) is 0 Å². The fourth-order valence-corrected chi connectivity index (χ4v) is 3.05. The summed E-state index contributed by atoms with van der Waals surface area (Å²) in [4.78, 5) is 0. The van der Waals surface area contributed by atoms with E-state index in [2.05, 4.69) is 46.2 Å². The maximum atomic E-state index is 4.38. The molecule has 3 nitrogen and oxygen atoms in total. The molecule has 1 aromatic heterocycles. The summed E-state index contributed by atoms with van der Waals surface area (Å²) in [6, 6.07) is 8.60. The smallest absolute Gasteiger partial charge is 0.0925 e. The molecule has 0 radical (unpaired) electrons. The highest BCUT2D eigenvalue weighted by atomic mass is 15.4. The van der Waals surface area contributed by atoms with Crippen molar-refractivity contribution in [2.75, 3.05) is 0 Å². The molecule has 106 valence electrons. The molecule has 0 unspecified atom stereocenters. The lowest BCUT2D eigenvalue weighted by atomic mass is 10.0. The Balaban J connectivity index is 1.61. The van der Waals surface area contributed by atoms with Gasteiger partial charge in [-0.25, -0.2) is 4.68 Å². The molecule has 0 amide bonds. The molecule has 1 aliphatic rings. The summed E-state index contributed by atoms with van der Waals surface area (Å²) >= 11 is 0. The number of nitrogens with zero attached hydrogens (tertiary/aromatic N) is 3. The number of aromatic nitrogens is 3. The quantitative estimate of drug-likeness (QED) is 0.601. The monoisotopic (exact) mass is 269 g/mol. The van der Waals surface area contributed by atoms with Crippen LogP contribution >= 0.6 is 0 Å². The van der Waals surface area contributed by atoms with Crippen molar-refractivity contribution < 1.29 is 0 Å². The number of hydrogen-bond acceptors (Lipinski definition) is 2. The highest BCUT2D eigenvalue weighted by molar-refractivity contribution is 5.69. The Hall–Kier alpha value is -1.64. The second kappa shape index (κ2) is 6.21. The van der Waals surface area contributed by atoms with E-state index in [1.165, 1.54) is 61.0 Å². The molecule has 0 fully saturated rings. The van der Waals surface area contributed by atoms with E-state index in [9.17, 15) is 0 Å². The third-order valence-corrected chi connectivity index (χ3v) is 4.16. The first-order chi connectivity index (χ1) is 9.90. The minimum absolute atomic E-state index is 0.884. The summed E-state index contributed by atoms with van der Waals surface area (Å²) in [6.45, 7) is 3.15. The third-order valence-electron chi connectivity index (χ3n) is 4.16. The summed E-state index contributed by atoms with van der Waals surface area (Å²) in [7, 11) is 0. The first-order valence-electron chi connectivity index (χ1n) is 7.91. The molecule has 1 aromatic carbocycles. The molecular formula is C17H23N3. The third kappa shape index (κ3) is 2.62. The zero-order chi connectivity index (χ0) is 13.8. The summed E-state index contributed by atoms with van der Waals surface area (Å²) in [6.07, 6.45) is 9.03. The topological polar surface area (TPSA) is 30.7 Å². The molecule has 0 bridgehead atoms. The van der Waals surface area contributed by atoms with Crippen molar-refractivity contribution >= 4 is 0 Å². The van der Waals surface area contributed by atoms with E-state index in [4.69, 9.17) is 0 Å². The number of rotatable bonds is 7. The average Bonchev–Trinajstić information content (AvgIpc) is 3.02. The molecule has 0 spiro atoms. The lowest BCUT2D eigenvalue weighted by Gasteiger charge is -2.02. The zero-order valence-corrected chi connectivity index (χ0v) is 12.3. The van der Waals surface area contributed by atoms with Crippen LogP contribution in [-0.2, 0) is 13.0 Å². The van der Waals surface area contributed by atoms with E-state index in [0.29, 0.717) is 0 Å².